The van der Waals surface area contributed by atoms with Crippen LogP contribution in [0.15, 0.2) is 48.5 Å². The van der Waals surface area contributed by atoms with Crippen molar-refractivity contribution in [1.29, 1.82) is 0 Å². The van der Waals surface area contributed by atoms with Crippen molar-refractivity contribution in [2.45, 2.75) is 19.4 Å². The molecule has 23 heavy (non-hydrogen) atoms. The second-order valence-corrected chi connectivity index (χ2v) is 5.65. The Hall–Kier alpha value is -2.69. The number of halogens is 1. The average Bonchev–Trinajstić information content (AvgIpc) is 2.90. The summed E-state index contributed by atoms with van der Waals surface area (Å²) in [5, 5.41) is 2.77. The molecule has 1 aliphatic rings. The number of carbonyl (C=O) groups excluding carboxylic acids is 2. The lowest BCUT2D eigenvalue weighted by molar-refractivity contribution is -0.118. The molecule has 0 aromatic heterocycles. The lowest BCUT2D eigenvalue weighted by atomic mass is 10.1. The molecule has 3 rings (SSSR count). The van der Waals surface area contributed by atoms with E-state index in [0.717, 1.165) is 5.56 Å². The highest BCUT2D eigenvalue weighted by molar-refractivity contribution is 6.03. The zero-order valence-corrected chi connectivity index (χ0v) is 12.8. The number of amides is 2. The van der Waals surface area contributed by atoms with Crippen molar-refractivity contribution in [3.8, 4) is 0 Å². The van der Waals surface area contributed by atoms with E-state index in [1.54, 1.807) is 29.2 Å². The van der Waals surface area contributed by atoms with E-state index < -0.39 is 6.04 Å². The average molecular weight is 312 g/mol. The lowest BCUT2D eigenvalue weighted by Crippen LogP contribution is -2.41. The fraction of sp³-hybridized carbons (Fsp3) is 0.222. The Balaban J connectivity index is 1.68. The monoisotopic (exact) mass is 312 g/mol. The predicted octanol–water partition coefficient (Wildman–Crippen LogP) is 2.67. The number of aryl methyl sites for hydroxylation is 1. The molecule has 2 aromatic carbocycles. The Labute approximate surface area is 133 Å². The van der Waals surface area contributed by atoms with E-state index in [0.29, 0.717) is 24.2 Å². The molecule has 4 nitrogen and oxygen atoms in total. The molecule has 0 aliphatic carbocycles. The third kappa shape index (κ3) is 3.23. The highest BCUT2D eigenvalue weighted by atomic mass is 19.1. The van der Waals surface area contributed by atoms with Gasteiger partial charge in [0, 0.05) is 17.8 Å². The van der Waals surface area contributed by atoms with Gasteiger partial charge in [0.2, 0.25) is 5.91 Å². The van der Waals surface area contributed by atoms with Gasteiger partial charge in [-0.1, -0.05) is 17.7 Å². The summed E-state index contributed by atoms with van der Waals surface area (Å²) >= 11 is 0. The van der Waals surface area contributed by atoms with Crippen molar-refractivity contribution in [3.63, 3.8) is 0 Å². The number of hydrogen-bond donors (Lipinski definition) is 1. The minimum atomic E-state index is -0.547. The largest absolute Gasteiger partial charge is 0.340 e. The maximum Gasteiger partial charge on any atom is 0.251 e. The first kappa shape index (κ1) is 15.2. The molecule has 0 bridgehead atoms. The summed E-state index contributed by atoms with van der Waals surface area (Å²) in [4.78, 5) is 26.2. The lowest BCUT2D eigenvalue weighted by Gasteiger charge is -2.17. The fourth-order valence-corrected chi connectivity index (χ4v) is 2.64. The summed E-state index contributed by atoms with van der Waals surface area (Å²) in [6.45, 7) is 2.45. The Bertz CT molecular complexity index is 726. The number of benzene rings is 2. The fourth-order valence-electron chi connectivity index (χ4n) is 2.64. The maximum atomic E-state index is 13.0. The van der Waals surface area contributed by atoms with Gasteiger partial charge in [-0.25, -0.2) is 4.39 Å². The molecule has 1 heterocycles. The minimum absolute atomic E-state index is 0.169. The normalized spacial score (nSPS) is 17.4. The minimum Gasteiger partial charge on any atom is -0.340 e. The van der Waals surface area contributed by atoms with Crippen LogP contribution in [-0.2, 0) is 4.79 Å². The molecule has 1 aliphatic heterocycles. The predicted molar refractivity (Wildman–Crippen MR) is 85.8 cm³/mol. The molecule has 1 atom stereocenters. The Morgan fingerprint density at radius 1 is 1.13 bits per heavy atom. The molecule has 2 aromatic rings. The molecule has 1 fully saturated rings. The van der Waals surface area contributed by atoms with Gasteiger partial charge >= 0.3 is 0 Å². The van der Waals surface area contributed by atoms with Gasteiger partial charge in [-0.3, -0.25) is 9.59 Å². The van der Waals surface area contributed by atoms with Gasteiger partial charge < -0.3 is 10.2 Å². The molecule has 2 amide bonds. The third-order valence-electron chi connectivity index (χ3n) is 3.96. The summed E-state index contributed by atoms with van der Waals surface area (Å²) in [6, 6.07) is 12.4. The van der Waals surface area contributed by atoms with E-state index in [1.165, 1.54) is 12.1 Å². The quantitative estimate of drug-likeness (QED) is 0.947. The summed E-state index contributed by atoms with van der Waals surface area (Å²) in [7, 11) is 0. The molecule has 1 N–H and O–H groups in total. The van der Waals surface area contributed by atoms with Gasteiger partial charge in [-0.15, -0.1) is 0 Å². The van der Waals surface area contributed by atoms with Gasteiger partial charge in [-0.05, 0) is 49.7 Å². The summed E-state index contributed by atoms with van der Waals surface area (Å²) in [6.07, 6.45) is 0.536. The molecule has 0 spiro atoms. The molecule has 0 radical (unpaired) electrons. The Morgan fingerprint density at radius 3 is 2.43 bits per heavy atom. The van der Waals surface area contributed by atoms with Gasteiger partial charge in [0.25, 0.3) is 5.91 Å². The van der Waals surface area contributed by atoms with Gasteiger partial charge in [0.05, 0.1) is 0 Å². The van der Waals surface area contributed by atoms with Crippen molar-refractivity contribution in [2.75, 3.05) is 11.4 Å². The van der Waals surface area contributed by atoms with Crippen LogP contribution in [0.25, 0.3) is 0 Å². The first-order chi connectivity index (χ1) is 11.0. The van der Waals surface area contributed by atoms with Crippen LogP contribution in [0, 0.1) is 12.7 Å². The van der Waals surface area contributed by atoms with E-state index in [9.17, 15) is 14.0 Å². The van der Waals surface area contributed by atoms with Crippen LogP contribution in [0.4, 0.5) is 10.1 Å². The second-order valence-electron chi connectivity index (χ2n) is 5.65. The first-order valence-corrected chi connectivity index (χ1v) is 7.49. The van der Waals surface area contributed by atoms with Crippen molar-refractivity contribution in [3.05, 3.63) is 65.5 Å². The molecule has 118 valence electrons. The summed E-state index contributed by atoms with van der Waals surface area (Å²) < 4.78 is 13.0. The van der Waals surface area contributed by atoms with Gasteiger partial charge in [0.15, 0.2) is 0 Å². The Kier molecular flexibility index (Phi) is 4.10. The molecule has 0 saturated carbocycles. The second kappa shape index (κ2) is 6.20. The van der Waals surface area contributed by atoms with Crippen molar-refractivity contribution in [1.82, 2.24) is 5.32 Å². The van der Waals surface area contributed by atoms with Crippen molar-refractivity contribution in [2.24, 2.45) is 0 Å². The Morgan fingerprint density at radius 2 is 1.78 bits per heavy atom. The van der Waals surface area contributed by atoms with Crippen LogP contribution in [-0.4, -0.2) is 24.4 Å². The number of nitrogens with one attached hydrogen (secondary N) is 1. The third-order valence-corrected chi connectivity index (χ3v) is 3.96. The van der Waals surface area contributed by atoms with Crippen LogP contribution in [0.5, 0.6) is 0 Å². The summed E-state index contributed by atoms with van der Waals surface area (Å²) in [5.41, 5.74) is 2.24. The number of anilines is 1. The van der Waals surface area contributed by atoms with Crippen LogP contribution < -0.4 is 10.2 Å². The molecular weight excluding hydrogens is 295 g/mol. The maximum absolute atomic E-state index is 13.0. The van der Waals surface area contributed by atoms with Crippen molar-refractivity contribution < 1.29 is 14.0 Å². The number of carbonyl (C=O) groups is 2. The highest BCUT2D eigenvalue weighted by Crippen LogP contribution is 2.22. The molecule has 1 saturated heterocycles. The van der Waals surface area contributed by atoms with Gasteiger partial charge in [0.1, 0.15) is 11.9 Å². The standard InChI is InChI=1S/C18H17FN2O2/c1-12-2-4-13(5-3-12)17(22)20-16-10-11-21(18(16)23)15-8-6-14(19)7-9-15/h2-9,16H,10-11H2,1H3,(H,20,22). The molecule has 1 unspecified atom stereocenters. The zero-order chi connectivity index (χ0) is 16.4. The first-order valence-electron chi connectivity index (χ1n) is 7.49. The molecular formula is C18H17FN2O2. The van der Waals surface area contributed by atoms with E-state index in [4.69, 9.17) is 0 Å². The van der Waals surface area contributed by atoms with E-state index in [-0.39, 0.29) is 17.6 Å². The van der Waals surface area contributed by atoms with E-state index in [2.05, 4.69) is 5.32 Å². The number of rotatable bonds is 3. The van der Waals surface area contributed by atoms with Gasteiger partial charge in [-0.2, -0.15) is 0 Å². The van der Waals surface area contributed by atoms with Crippen LogP contribution in [0.3, 0.4) is 0 Å². The van der Waals surface area contributed by atoms with Crippen LogP contribution >= 0.6 is 0 Å². The van der Waals surface area contributed by atoms with E-state index >= 15 is 0 Å². The van der Waals surface area contributed by atoms with Crippen LogP contribution in [0.1, 0.15) is 22.3 Å². The van der Waals surface area contributed by atoms with Crippen LogP contribution in [0.2, 0.25) is 0 Å². The molecule has 5 heteroatoms. The topological polar surface area (TPSA) is 49.4 Å². The number of hydrogen-bond acceptors (Lipinski definition) is 2. The smallest absolute Gasteiger partial charge is 0.251 e. The van der Waals surface area contributed by atoms with Crippen molar-refractivity contribution >= 4 is 17.5 Å². The number of nitrogens with zero attached hydrogens (tertiary/aromatic N) is 1. The highest BCUT2D eigenvalue weighted by Gasteiger charge is 2.33. The zero-order valence-electron chi connectivity index (χ0n) is 12.8. The summed E-state index contributed by atoms with van der Waals surface area (Å²) in [5.74, 6) is -0.772. The SMILES string of the molecule is Cc1ccc(C(=O)NC2CCN(c3ccc(F)cc3)C2=O)cc1. The van der Waals surface area contributed by atoms with E-state index in [1.807, 2.05) is 19.1 Å².